The Morgan fingerprint density at radius 3 is 1.87 bits per heavy atom. The van der Waals surface area contributed by atoms with Crippen LogP contribution in [-0.4, -0.2) is 24.9 Å². The monoisotopic (exact) mass is 728 g/mol. The smallest absolute Gasteiger partial charge is 0.182 e. The molecule has 4 aromatic carbocycles. The van der Waals surface area contributed by atoms with Gasteiger partial charge in [0.15, 0.2) is 17.5 Å². The minimum Gasteiger partial charge on any atom is -0.294 e. The van der Waals surface area contributed by atoms with Crippen molar-refractivity contribution in [3.05, 3.63) is 191 Å². The Hall–Kier alpha value is -6.61. The van der Waals surface area contributed by atoms with E-state index in [9.17, 15) is 0 Å². The zero-order chi connectivity index (χ0) is 35.6. The number of fused-ring (bicyclic) bond motifs is 9. The van der Waals surface area contributed by atoms with Gasteiger partial charge in [0.05, 0.1) is 11.1 Å². The molecule has 0 amide bonds. The van der Waals surface area contributed by atoms with E-state index in [0.717, 1.165) is 39.4 Å². The number of nitrogens with zero attached hydrogens (tertiary/aromatic N) is 6. The quantitative estimate of drug-likeness (QED) is 0.176. The lowest BCUT2D eigenvalue weighted by Crippen LogP contribution is -2.36. The molecule has 8 heteroatoms. The lowest BCUT2D eigenvalue weighted by atomic mass is 9.66. The lowest BCUT2D eigenvalue weighted by Gasteiger charge is -2.43. The summed E-state index contributed by atoms with van der Waals surface area (Å²) < 4.78 is 0. The second-order valence-electron chi connectivity index (χ2n) is 13.3. The Balaban J connectivity index is 0.997. The van der Waals surface area contributed by atoms with Crippen LogP contribution in [0.1, 0.15) is 22.3 Å². The van der Waals surface area contributed by atoms with Gasteiger partial charge < -0.3 is 0 Å². The summed E-state index contributed by atoms with van der Waals surface area (Å²) in [4.78, 5) is 29.4. The van der Waals surface area contributed by atoms with Gasteiger partial charge >= 0.3 is 0 Å². The summed E-state index contributed by atoms with van der Waals surface area (Å²) in [5, 5.41) is 4.46. The fraction of sp³-hybridized carbons (Fsp3) is 0.0217. The van der Waals surface area contributed by atoms with E-state index in [1.165, 1.54) is 32.0 Å². The maximum absolute atomic E-state index is 5.10. The highest BCUT2D eigenvalue weighted by Gasteiger charge is 2.53. The SMILES string of the molecule is c1ccc(-c2nc(-c3cccc(-c4ccc(N5c6ccccc6C6(c7cccnc75)c5ccsc5-c5sccc56)cc4)c3)nc(-c3ccccn3)n2)cc1. The maximum Gasteiger partial charge on any atom is 0.182 e. The highest BCUT2D eigenvalue weighted by molar-refractivity contribution is 7.21. The number of anilines is 3. The summed E-state index contributed by atoms with van der Waals surface area (Å²) >= 11 is 3.67. The molecule has 1 spiro atoms. The normalized spacial score (nSPS) is 13.3. The van der Waals surface area contributed by atoms with Gasteiger partial charge in [-0.15, -0.1) is 22.7 Å². The van der Waals surface area contributed by atoms with E-state index in [2.05, 4.69) is 112 Å². The molecule has 1 aliphatic heterocycles. The van der Waals surface area contributed by atoms with Crippen molar-refractivity contribution in [3.63, 3.8) is 0 Å². The Labute approximate surface area is 319 Å². The highest BCUT2D eigenvalue weighted by atomic mass is 32.1. The minimum absolute atomic E-state index is 0.409. The van der Waals surface area contributed by atoms with Crippen molar-refractivity contribution >= 4 is 39.9 Å². The zero-order valence-electron chi connectivity index (χ0n) is 28.7. The van der Waals surface area contributed by atoms with Gasteiger partial charge in [-0.2, -0.15) is 0 Å². The van der Waals surface area contributed by atoms with Crippen LogP contribution >= 0.6 is 22.7 Å². The van der Waals surface area contributed by atoms with Crippen LogP contribution in [0.15, 0.2) is 169 Å². The molecule has 9 aromatic rings. The third kappa shape index (κ3) is 4.60. The summed E-state index contributed by atoms with van der Waals surface area (Å²) in [7, 11) is 0. The number of hydrogen-bond donors (Lipinski definition) is 0. The van der Waals surface area contributed by atoms with E-state index in [0.29, 0.717) is 23.2 Å². The Morgan fingerprint density at radius 1 is 0.444 bits per heavy atom. The zero-order valence-corrected chi connectivity index (χ0v) is 30.3. The number of para-hydroxylation sites is 1. The average molecular weight is 729 g/mol. The van der Waals surface area contributed by atoms with E-state index in [-0.39, 0.29) is 0 Å². The predicted octanol–water partition coefficient (Wildman–Crippen LogP) is 11.6. The molecule has 0 fully saturated rings. The maximum atomic E-state index is 5.10. The van der Waals surface area contributed by atoms with Gasteiger partial charge in [-0.1, -0.05) is 91.0 Å². The number of rotatable bonds is 5. The fourth-order valence-electron chi connectivity index (χ4n) is 8.13. The van der Waals surface area contributed by atoms with Gasteiger partial charge in [0.2, 0.25) is 0 Å². The molecule has 54 heavy (non-hydrogen) atoms. The molecule has 0 saturated carbocycles. The molecule has 254 valence electrons. The first-order valence-corrected chi connectivity index (χ1v) is 19.5. The molecular weight excluding hydrogens is 701 g/mol. The standard InChI is InChI=1S/C46H28N6S2/c1-2-10-30(11-3-1)42-49-43(51-44(50-42)38-16-6-7-24-47-38)32-13-8-12-31(28-32)29-18-20-33(21-19-29)52-39-17-5-4-14-34(39)46(37-15-9-25-48-45(37)52)35-22-26-53-40(35)41-36(46)23-27-54-41/h1-28H. The molecule has 0 N–H and O–H groups in total. The third-order valence-electron chi connectivity index (χ3n) is 10.4. The van der Waals surface area contributed by atoms with E-state index < -0.39 is 5.41 Å². The third-order valence-corrected chi connectivity index (χ3v) is 12.4. The molecule has 0 radical (unpaired) electrons. The van der Waals surface area contributed by atoms with Crippen LogP contribution in [0.4, 0.5) is 17.2 Å². The average Bonchev–Trinajstić information content (AvgIpc) is 3.99. The Kier molecular flexibility index (Phi) is 7.01. The van der Waals surface area contributed by atoms with E-state index >= 15 is 0 Å². The van der Waals surface area contributed by atoms with Crippen molar-refractivity contribution in [3.8, 4) is 55.2 Å². The number of pyridine rings is 2. The van der Waals surface area contributed by atoms with Crippen LogP contribution in [0.5, 0.6) is 0 Å². The highest BCUT2D eigenvalue weighted by Crippen LogP contribution is 2.65. The number of aromatic nitrogens is 5. The molecular formula is C46H28N6S2. The molecule has 6 heterocycles. The van der Waals surface area contributed by atoms with Gasteiger partial charge in [-0.25, -0.2) is 19.9 Å². The molecule has 2 aliphatic rings. The first-order chi connectivity index (χ1) is 26.8. The van der Waals surface area contributed by atoms with Crippen molar-refractivity contribution in [1.82, 2.24) is 24.9 Å². The van der Waals surface area contributed by atoms with Crippen LogP contribution < -0.4 is 4.90 Å². The van der Waals surface area contributed by atoms with Gasteiger partial charge in [-0.05, 0) is 93.2 Å². The molecule has 0 saturated heterocycles. The van der Waals surface area contributed by atoms with Crippen molar-refractivity contribution in [2.24, 2.45) is 0 Å². The molecule has 0 bridgehead atoms. The van der Waals surface area contributed by atoms with Crippen LogP contribution in [0, 0.1) is 0 Å². The predicted molar refractivity (Wildman–Crippen MR) is 218 cm³/mol. The minimum atomic E-state index is -0.409. The second kappa shape index (κ2) is 12.2. The largest absolute Gasteiger partial charge is 0.294 e. The molecule has 0 unspecified atom stereocenters. The summed E-state index contributed by atoms with van der Waals surface area (Å²) in [6.45, 7) is 0. The van der Waals surface area contributed by atoms with Gasteiger partial charge in [-0.3, -0.25) is 9.88 Å². The van der Waals surface area contributed by atoms with E-state index in [1.807, 2.05) is 83.5 Å². The first kappa shape index (κ1) is 31.0. The number of hydrogen-bond acceptors (Lipinski definition) is 8. The molecule has 1 aliphatic carbocycles. The van der Waals surface area contributed by atoms with Crippen LogP contribution in [0.25, 0.3) is 55.2 Å². The Morgan fingerprint density at radius 2 is 1.09 bits per heavy atom. The van der Waals surface area contributed by atoms with Crippen LogP contribution in [0.3, 0.4) is 0 Å². The fourth-order valence-corrected chi connectivity index (χ4v) is 10.2. The van der Waals surface area contributed by atoms with Crippen molar-refractivity contribution in [2.45, 2.75) is 5.41 Å². The Bertz CT molecular complexity index is 2700. The van der Waals surface area contributed by atoms with Crippen molar-refractivity contribution < 1.29 is 0 Å². The summed E-state index contributed by atoms with van der Waals surface area (Å²) in [6, 6.07) is 50.8. The molecule has 6 nitrogen and oxygen atoms in total. The molecule has 0 atom stereocenters. The van der Waals surface area contributed by atoms with E-state index in [1.54, 1.807) is 6.20 Å². The second-order valence-corrected chi connectivity index (χ2v) is 15.2. The molecule has 11 rings (SSSR count). The van der Waals surface area contributed by atoms with Gasteiger partial charge in [0, 0.05) is 44.5 Å². The molecule has 5 aromatic heterocycles. The van der Waals surface area contributed by atoms with E-state index in [4.69, 9.17) is 19.9 Å². The summed E-state index contributed by atoms with van der Waals surface area (Å²) in [5.41, 5.74) is 11.7. The van der Waals surface area contributed by atoms with Crippen LogP contribution in [0.2, 0.25) is 0 Å². The summed E-state index contributed by atoms with van der Waals surface area (Å²) in [6.07, 6.45) is 3.67. The van der Waals surface area contributed by atoms with Crippen molar-refractivity contribution in [1.29, 1.82) is 0 Å². The lowest BCUT2D eigenvalue weighted by molar-refractivity contribution is 0.748. The van der Waals surface area contributed by atoms with Gasteiger partial charge in [0.1, 0.15) is 11.5 Å². The topological polar surface area (TPSA) is 67.7 Å². The van der Waals surface area contributed by atoms with Crippen molar-refractivity contribution in [2.75, 3.05) is 4.90 Å². The first-order valence-electron chi connectivity index (χ1n) is 17.7. The number of benzene rings is 4. The van der Waals surface area contributed by atoms with Gasteiger partial charge in [0.25, 0.3) is 0 Å². The number of thiophene rings is 2. The summed E-state index contributed by atoms with van der Waals surface area (Å²) in [5.74, 6) is 2.69. The van der Waals surface area contributed by atoms with Crippen LogP contribution in [-0.2, 0) is 5.41 Å².